The Morgan fingerprint density at radius 1 is 1.33 bits per heavy atom. The highest BCUT2D eigenvalue weighted by atomic mass is 19.4. The van der Waals surface area contributed by atoms with Crippen LogP contribution in [0.25, 0.3) is 0 Å². The van der Waals surface area contributed by atoms with Crippen molar-refractivity contribution in [2.45, 2.75) is 38.5 Å². The first-order valence-electron chi connectivity index (χ1n) is 6.16. The molecule has 1 aromatic heterocycles. The lowest BCUT2D eigenvalue weighted by Gasteiger charge is -2.20. The fourth-order valence-electron chi connectivity index (χ4n) is 1.45. The minimum Gasteiger partial charge on any atom is -0.478 e. The summed E-state index contributed by atoms with van der Waals surface area (Å²) in [5.41, 5.74) is -0.129. The van der Waals surface area contributed by atoms with Gasteiger partial charge in [0.25, 0.3) is 0 Å². The number of carboxylic acids is 1. The quantitative estimate of drug-likeness (QED) is 0.796. The molecular formula is C13H17F3N2O3. The van der Waals surface area contributed by atoms with Gasteiger partial charge in [-0.2, -0.15) is 13.2 Å². The number of nitrogens with zero attached hydrogens (tertiary/aromatic N) is 1. The largest absolute Gasteiger partial charge is 0.478 e. The maximum absolute atomic E-state index is 12.2. The van der Waals surface area contributed by atoms with Crippen LogP contribution in [0.1, 0.15) is 36.8 Å². The van der Waals surface area contributed by atoms with Crippen LogP contribution in [0.2, 0.25) is 0 Å². The van der Waals surface area contributed by atoms with Crippen molar-refractivity contribution in [3.8, 4) is 0 Å². The van der Waals surface area contributed by atoms with Crippen LogP contribution in [-0.4, -0.2) is 40.0 Å². The Morgan fingerprint density at radius 3 is 2.33 bits per heavy atom. The molecule has 0 aromatic carbocycles. The zero-order chi connectivity index (χ0) is 16.4. The van der Waals surface area contributed by atoms with Crippen molar-refractivity contribution in [2.24, 2.45) is 0 Å². The van der Waals surface area contributed by atoms with Crippen molar-refractivity contribution in [3.05, 3.63) is 23.4 Å². The normalized spacial score (nSPS) is 13.9. The third kappa shape index (κ3) is 4.89. The first-order valence-corrected chi connectivity index (χ1v) is 6.16. The second-order valence-electron chi connectivity index (χ2n) is 5.62. The monoisotopic (exact) mass is 306 g/mol. The maximum atomic E-state index is 12.2. The molecule has 3 N–H and O–H groups in total. The summed E-state index contributed by atoms with van der Waals surface area (Å²) in [5, 5.41) is 20.3. The highest BCUT2D eigenvalue weighted by molar-refractivity contribution is 5.88. The number of hydrogen-bond acceptors (Lipinski definition) is 4. The van der Waals surface area contributed by atoms with Gasteiger partial charge in [0, 0.05) is 11.1 Å². The highest BCUT2D eigenvalue weighted by Crippen LogP contribution is 2.24. The molecule has 118 valence electrons. The van der Waals surface area contributed by atoms with E-state index in [-0.39, 0.29) is 11.4 Å². The third-order valence-electron chi connectivity index (χ3n) is 2.70. The molecule has 0 saturated heterocycles. The van der Waals surface area contributed by atoms with E-state index in [1.54, 1.807) is 20.8 Å². The Hall–Kier alpha value is -1.83. The number of carbonyl (C=O) groups is 1. The molecule has 1 heterocycles. The number of aliphatic hydroxyl groups excluding tert-OH is 1. The molecule has 1 rings (SSSR count). The molecule has 0 aliphatic heterocycles. The summed E-state index contributed by atoms with van der Waals surface area (Å²) < 4.78 is 36.7. The lowest BCUT2D eigenvalue weighted by atomic mass is 9.91. The Balaban J connectivity index is 3.02. The fourth-order valence-corrected chi connectivity index (χ4v) is 1.45. The average Bonchev–Trinajstić information content (AvgIpc) is 2.33. The van der Waals surface area contributed by atoms with E-state index in [0.29, 0.717) is 5.69 Å². The highest BCUT2D eigenvalue weighted by Gasteiger charge is 2.38. The summed E-state index contributed by atoms with van der Waals surface area (Å²) in [7, 11) is 0. The van der Waals surface area contributed by atoms with Crippen LogP contribution in [0.15, 0.2) is 12.1 Å². The molecule has 0 aliphatic rings. The van der Waals surface area contributed by atoms with Gasteiger partial charge in [-0.05, 0) is 12.1 Å². The van der Waals surface area contributed by atoms with Crippen molar-refractivity contribution in [2.75, 3.05) is 11.9 Å². The van der Waals surface area contributed by atoms with E-state index in [0.717, 1.165) is 6.07 Å². The predicted octanol–water partition coefficient (Wildman–Crippen LogP) is 2.41. The molecule has 8 heteroatoms. The molecular weight excluding hydrogens is 289 g/mol. The van der Waals surface area contributed by atoms with E-state index in [9.17, 15) is 18.0 Å². The van der Waals surface area contributed by atoms with E-state index in [4.69, 9.17) is 10.2 Å². The maximum Gasteiger partial charge on any atom is 0.416 e. The number of halogens is 3. The second kappa shape index (κ2) is 5.88. The first-order chi connectivity index (χ1) is 9.41. The number of aromatic nitrogens is 1. The Kier molecular flexibility index (Phi) is 4.83. The van der Waals surface area contributed by atoms with E-state index in [1.165, 1.54) is 6.07 Å². The topological polar surface area (TPSA) is 82.5 Å². The number of aliphatic hydroxyl groups is 1. The zero-order valence-corrected chi connectivity index (χ0v) is 11.8. The average molecular weight is 306 g/mol. The number of carboxylic acid groups (broad SMARTS) is 1. The van der Waals surface area contributed by atoms with Gasteiger partial charge in [0.05, 0.1) is 12.1 Å². The predicted molar refractivity (Wildman–Crippen MR) is 70.4 cm³/mol. The van der Waals surface area contributed by atoms with Gasteiger partial charge in [-0.25, -0.2) is 9.78 Å². The van der Waals surface area contributed by atoms with Gasteiger partial charge in [0.2, 0.25) is 0 Å². The Bertz CT molecular complexity index is 524. The van der Waals surface area contributed by atoms with Crippen LogP contribution in [0, 0.1) is 0 Å². The van der Waals surface area contributed by atoms with Crippen LogP contribution in [0.5, 0.6) is 0 Å². The number of pyridine rings is 1. The molecule has 0 saturated carbocycles. The zero-order valence-electron chi connectivity index (χ0n) is 11.8. The SMILES string of the molecule is CC(C)(C)c1cc(C(=O)O)cc(NCC(O)C(F)(F)F)n1. The van der Waals surface area contributed by atoms with Crippen LogP contribution >= 0.6 is 0 Å². The van der Waals surface area contributed by atoms with Crippen molar-refractivity contribution < 1.29 is 28.2 Å². The first kappa shape index (κ1) is 17.2. The lowest BCUT2D eigenvalue weighted by molar-refractivity contribution is -0.198. The van der Waals surface area contributed by atoms with Crippen molar-refractivity contribution in [3.63, 3.8) is 0 Å². The van der Waals surface area contributed by atoms with E-state index < -0.39 is 30.2 Å². The van der Waals surface area contributed by atoms with E-state index in [1.807, 2.05) is 0 Å². The van der Waals surface area contributed by atoms with Gasteiger partial charge in [0.1, 0.15) is 5.82 Å². The number of alkyl halides is 3. The number of rotatable bonds is 4. The van der Waals surface area contributed by atoms with E-state index >= 15 is 0 Å². The summed E-state index contributed by atoms with van der Waals surface area (Å²) in [6, 6.07) is 2.49. The fraction of sp³-hybridized carbons (Fsp3) is 0.538. The van der Waals surface area contributed by atoms with Crippen LogP contribution in [-0.2, 0) is 5.41 Å². The molecule has 0 spiro atoms. The minimum absolute atomic E-state index is 0.0249. The third-order valence-corrected chi connectivity index (χ3v) is 2.70. The van der Waals surface area contributed by atoms with Crippen molar-refractivity contribution in [1.82, 2.24) is 4.98 Å². The summed E-state index contributed by atoms with van der Waals surface area (Å²) in [5.74, 6) is -1.23. The summed E-state index contributed by atoms with van der Waals surface area (Å²) >= 11 is 0. The van der Waals surface area contributed by atoms with Crippen LogP contribution in [0.3, 0.4) is 0 Å². The molecule has 0 aliphatic carbocycles. The van der Waals surface area contributed by atoms with Gasteiger partial charge in [-0.3, -0.25) is 0 Å². The molecule has 1 atom stereocenters. The van der Waals surface area contributed by atoms with Crippen molar-refractivity contribution in [1.29, 1.82) is 0 Å². The Labute approximate surface area is 119 Å². The molecule has 0 fully saturated rings. The molecule has 1 aromatic rings. The Morgan fingerprint density at radius 2 is 1.90 bits per heavy atom. The summed E-state index contributed by atoms with van der Waals surface area (Å²) in [6.45, 7) is 4.60. The summed E-state index contributed by atoms with van der Waals surface area (Å²) in [4.78, 5) is 15.1. The van der Waals surface area contributed by atoms with Gasteiger partial charge in [-0.1, -0.05) is 20.8 Å². The van der Waals surface area contributed by atoms with Gasteiger partial charge >= 0.3 is 12.1 Å². The van der Waals surface area contributed by atoms with Crippen LogP contribution < -0.4 is 5.32 Å². The van der Waals surface area contributed by atoms with Gasteiger partial charge in [-0.15, -0.1) is 0 Å². The molecule has 0 radical (unpaired) electrons. The molecule has 0 amide bonds. The second-order valence-corrected chi connectivity index (χ2v) is 5.62. The van der Waals surface area contributed by atoms with Crippen molar-refractivity contribution >= 4 is 11.8 Å². The number of anilines is 1. The lowest BCUT2D eigenvalue weighted by Crippen LogP contribution is -2.35. The minimum atomic E-state index is -4.75. The van der Waals surface area contributed by atoms with Gasteiger partial charge in [0.15, 0.2) is 6.10 Å². The molecule has 5 nitrogen and oxygen atoms in total. The number of hydrogen-bond donors (Lipinski definition) is 3. The summed E-state index contributed by atoms with van der Waals surface area (Å²) in [6.07, 6.45) is -7.30. The van der Waals surface area contributed by atoms with Crippen LogP contribution in [0.4, 0.5) is 19.0 Å². The van der Waals surface area contributed by atoms with Gasteiger partial charge < -0.3 is 15.5 Å². The standard InChI is InChI=1S/C13H17F3N2O3/c1-12(2,3)8-4-7(11(20)21)5-10(18-8)17-6-9(19)13(14,15)16/h4-5,9,19H,6H2,1-3H3,(H,17,18)(H,20,21). The smallest absolute Gasteiger partial charge is 0.416 e. The van der Waals surface area contributed by atoms with E-state index in [2.05, 4.69) is 10.3 Å². The molecule has 0 bridgehead atoms. The molecule has 1 unspecified atom stereocenters. The number of nitrogens with one attached hydrogen (secondary N) is 1. The number of aromatic carboxylic acids is 1. The molecule has 21 heavy (non-hydrogen) atoms.